The summed E-state index contributed by atoms with van der Waals surface area (Å²) >= 11 is 9.98. The fraction of sp³-hybridized carbons (Fsp3) is 0.333. The zero-order chi connectivity index (χ0) is 24.5. The van der Waals surface area contributed by atoms with Crippen LogP contribution in [0.4, 0.5) is 0 Å². The van der Waals surface area contributed by atoms with Crippen LogP contribution in [0.15, 0.2) is 65.1 Å². The zero-order valence-electron chi connectivity index (χ0n) is 19.5. The maximum atomic E-state index is 13.4. The van der Waals surface area contributed by atoms with Crippen LogP contribution in [0.3, 0.4) is 0 Å². The van der Waals surface area contributed by atoms with Gasteiger partial charge in [-0.25, -0.2) is 0 Å². The van der Waals surface area contributed by atoms with Gasteiger partial charge in [-0.3, -0.25) is 9.59 Å². The SMILES string of the molecule is CCCCNC(=O)[C@H](CC)N(Cc1ccccc1Cl)C(=O)COc1ccc2ccccc2c1Br. The van der Waals surface area contributed by atoms with Crippen molar-refractivity contribution in [3.8, 4) is 5.75 Å². The molecule has 5 nitrogen and oxygen atoms in total. The van der Waals surface area contributed by atoms with Crippen LogP contribution in [-0.2, 0) is 16.1 Å². The summed E-state index contributed by atoms with van der Waals surface area (Å²) in [6.45, 7) is 4.58. The molecule has 0 saturated carbocycles. The Kier molecular flexibility index (Phi) is 9.78. The van der Waals surface area contributed by atoms with Gasteiger partial charge in [0.15, 0.2) is 6.61 Å². The molecule has 3 rings (SSSR count). The van der Waals surface area contributed by atoms with Crippen LogP contribution in [0.25, 0.3) is 10.8 Å². The summed E-state index contributed by atoms with van der Waals surface area (Å²) in [6.07, 6.45) is 2.35. The summed E-state index contributed by atoms with van der Waals surface area (Å²) in [4.78, 5) is 27.9. The fourth-order valence-electron chi connectivity index (χ4n) is 3.78. The average Bonchev–Trinajstić information content (AvgIpc) is 2.85. The number of hydrogen-bond acceptors (Lipinski definition) is 3. The molecular weight excluding hydrogens is 516 g/mol. The van der Waals surface area contributed by atoms with Gasteiger partial charge in [0.25, 0.3) is 5.91 Å². The van der Waals surface area contributed by atoms with E-state index in [1.54, 1.807) is 11.0 Å². The fourth-order valence-corrected chi connectivity index (χ4v) is 4.59. The van der Waals surface area contributed by atoms with Crippen molar-refractivity contribution in [3.63, 3.8) is 0 Å². The Labute approximate surface area is 214 Å². The van der Waals surface area contributed by atoms with E-state index in [0.717, 1.165) is 33.7 Å². The molecule has 0 unspecified atom stereocenters. The Balaban J connectivity index is 1.81. The van der Waals surface area contributed by atoms with Gasteiger partial charge >= 0.3 is 0 Å². The molecular formula is C27H30BrClN2O3. The Bertz CT molecular complexity index is 1140. The lowest BCUT2D eigenvalue weighted by Crippen LogP contribution is -2.50. The molecule has 0 radical (unpaired) electrons. The standard InChI is InChI=1S/C27H30BrClN2O3/c1-3-5-16-30-27(33)23(4-2)31(17-20-11-7-9-13-22(20)29)25(32)18-34-24-15-14-19-10-6-8-12-21(19)26(24)28/h6-15,23H,3-5,16-18H2,1-2H3,(H,30,33)/t23-/m0/s1. The summed E-state index contributed by atoms with van der Waals surface area (Å²) in [7, 11) is 0. The maximum Gasteiger partial charge on any atom is 0.261 e. The number of carbonyl (C=O) groups excluding carboxylic acids is 2. The smallest absolute Gasteiger partial charge is 0.261 e. The maximum absolute atomic E-state index is 13.4. The van der Waals surface area contributed by atoms with Gasteiger partial charge in [-0.15, -0.1) is 0 Å². The van der Waals surface area contributed by atoms with Crippen LogP contribution in [0.2, 0.25) is 5.02 Å². The van der Waals surface area contributed by atoms with Gasteiger partial charge in [0.2, 0.25) is 5.91 Å². The van der Waals surface area contributed by atoms with E-state index in [1.165, 1.54) is 0 Å². The predicted octanol–water partition coefficient (Wildman–Crippen LogP) is 6.36. The minimum Gasteiger partial charge on any atom is -0.483 e. The molecule has 0 bridgehead atoms. The normalized spacial score (nSPS) is 11.8. The molecule has 0 spiro atoms. The van der Waals surface area contributed by atoms with Crippen LogP contribution in [0.1, 0.15) is 38.7 Å². The summed E-state index contributed by atoms with van der Waals surface area (Å²) < 4.78 is 6.72. The molecule has 0 aromatic heterocycles. The van der Waals surface area contributed by atoms with Gasteiger partial charge < -0.3 is 15.0 Å². The summed E-state index contributed by atoms with van der Waals surface area (Å²) in [6, 6.07) is 18.5. The highest BCUT2D eigenvalue weighted by molar-refractivity contribution is 9.10. The van der Waals surface area contributed by atoms with Crippen LogP contribution >= 0.6 is 27.5 Å². The van der Waals surface area contributed by atoms with Gasteiger partial charge in [0.05, 0.1) is 4.47 Å². The van der Waals surface area contributed by atoms with Crippen molar-refractivity contribution < 1.29 is 14.3 Å². The molecule has 1 atom stereocenters. The van der Waals surface area contributed by atoms with Crippen LogP contribution in [0.5, 0.6) is 5.75 Å². The van der Waals surface area contributed by atoms with Crippen molar-refractivity contribution in [3.05, 3.63) is 75.7 Å². The number of halogens is 2. The lowest BCUT2D eigenvalue weighted by Gasteiger charge is -2.31. The highest BCUT2D eigenvalue weighted by Gasteiger charge is 2.29. The third kappa shape index (κ3) is 6.51. The first-order valence-corrected chi connectivity index (χ1v) is 12.7. The molecule has 0 aliphatic carbocycles. The zero-order valence-corrected chi connectivity index (χ0v) is 21.9. The molecule has 180 valence electrons. The van der Waals surface area contributed by atoms with E-state index in [-0.39, 0.29) is 25.0 Å². The topological polar surface area (TPSA) is 58.6 Å². The van der Waals surface area contributed by atoms with Crippen molar-refractivity contribution in [1.82, 2.24) is 10.2 Å². The molecule has 0 saturated heterocycles. The summed E-state index contributed by atoms with van der Waals surface area (Å²) in [5.41, 5.74) is 0.782. The van der Waals surface area contributed by atoms with E-state index in [2.05, 4.69) is 28.2 Å². The number of nitrogens with one attached hydrogen (secondary N) is 1. The lowest BCUT2D eigenvalue weighted by atomic mass is 10.1. The molecule has 0 aliphatic rings. The van der Waals surface area contributed by atoms with E-state index in [1.807, 2.05) is 61.5 Å². The van der Waals surface area contributed by atoms with Crippen LogP contribution in [-0.4, -0.2) is 35.9 Å². The third-order valence-corrected chi connectivity index (χ3v) is 6.88. The van der Waals surface area contributed by atoms with E-state index in [4.69, 9.17) is 16.3 Å². The highest BCUT2D eigenvalue weighted by atomic mass is 79.9. The largest absolute Gasteiger partial charge is 0.483 e. The number of rotatable bonds is 11. The van der Waals surface area contributed by atoms with Crippen molar-refractivity contribution in [2.24, 2.45) is 0 Å². The number of unbranched alkanes of at least 4 members (excludes halogenated alkanes) is 1. The van der Waals surface area contributed by atoms with Gasteiger partial charge in [-0.2, -0.15) is 0 Å². The van der Waals surface area contributed by atoms with E-state index in [0.29, 0.717) is 23.7 Å². The Morgan fingerprint density at radius 3 is 2.53 bits per heavy atom. The Morgan fingerprint density at radius 2 is 1.79 bits per heavy atom. The number of amides is 2. The number of benzene rings is 3. The van der Waals surface area contributed by atoms with Crippen molar-refractivity contribution in [2.45, 2.75) is 45.7 Å². The van der Waals surface area contributed by atoms with Crippen molar-refractivity contribution in [2.75, 3.05) is 13.2 Å². The molecule has 3 aromatic rings. The summed E-state index contributed by atoms with van der Waals surface area (Å²) in [5, 5.41) is 5.59. The number of nitrogens with zero attached hydrogens (tertiary/aromatic N) is 1. The quantitative estimate of drug-likeness (QED) is 0.285. The Morgan fingerprint density at radius 1 is 1.06 bits per heavy atom. The van der Waals surface area contributed by atoms with Crippen LogP contribution in [0, 0.1) is 0 Å². The van der Waals surface area contributed by atoms with Gasteiger partial charge in [-0.1, -0.05) is 80.4 Å². The molecule has 7 heteroatoms. The first-order chi connectivity index (χ1) is 16.5. The van der Waals surface area contributed by atoms with E-state index in [9.17, 15) is 9.59 Å². The van der Waals surface area contributed by atoms with E-state index < -0.39 is 6.04 Å². The van der Waals surface area contributed by atoms with Gasteiger partial charge in [0, 0.05) is 18.1 Å². The molecule has 0 fully saturated rings. The molecule has 2 amide bonds. The predicted molar refractivity (Wildman–Crippen MR) is 141 cm³/mol. The van der Waals surface area contributed by atoms with Crippen molar-refractivity contribution >= 4 is 50.1 Å². The second kappa shape index (κ2) is 12.8. The van der Waals surface area contributed by atoms with Gasteiger partial charge in [0.1, 0.15) is 11.8 Å². The molecule has 34 heavy (non-hydrogen) atoms. The number of fused-ring (bicyclic) bond motifs is 1. The first-order valence-electron chi connectivity index (χ1n) is 11.6. The second-order valence-corrected chi connectivity index (χ2v) is 9.27. The number of hydrogen-bond donors (Lipinski definition) is 1. The molecule has 3 aromatic carbocycles. The average molecular weight is 546 g/mol. The number of ether oxygens (including phenoxy) is 1. The highest BCUT2D eigenvalue weighted by Crippen LogP contribution is 2.33. The first kappa shape index (κ1) is 26.0. The molecule has 0 aliphatic heterocycles. The monoisotopic (exact) mass is 544 g/mol. The van der Waals surface area contributed by atoms with Crippen LogP contribution < -0.4 is 10.1 Å². The Hall–Kier alpha value is -2.57. The minimum absolute atomic E-state index is 0.164. The second-order valence-electron chi connectivity index (χ2n) is 8.07. The molecule has 1 N–H and O–H groups in total. The number of carbonyl (C=O) groups is 2. The van der Waals surface area contributed by atoms with Crippen molar-refractivity contribution in [1.29, 1.82) is 0 Å². The van der Waals surface area contributed by atoms with Gasteiger partial charge in [-0.05, 0) is 57.2 Å². The van der Waals surface area contributed by atoms with E-state index >= 15 is 0 Å². The third-order valence-electron chi connectivity index (χ3n) is 5.69. The summed E-state index contributed by atoms with van der Waals surface area (Å²) in [5.74, 6) is 0.130. The molecule has 0 heterocycles. The lowest BCUT2D eigenvalue weighted by molar-refractivity contribution is -0.143. The minimum atomic E-state index is -0.621.